The van der Waals surface area contributed by atoms with Gasteiger partial charge < -0.3 is 0 Å². The third-order valence-corrected chi connectivity index (χ3v) is 2.09. The number of hydrogen-bond acceptors (Lipinski definition) is 2. The molecule has 3 heteroatoms. The van der Waals surface area contributed by atoms with E-state index in [-0.39, 0.29) is 11.9 Å². The van der Waals surface area contributed by atoms with Gasteiger partial charge in [-0.2, -0.15) is 0 Å². The molecule has 1 aliphatic rings. The molecule has 14 heavy (non-hydrogen) atoms. The molecule has 1 atom stereocenters. The third-order valence-electron chi connectivity index (χ3n) is 2.09. The van der Waals surface area contributed by atoms with Crippen molar-refractivity contribution in [3.63, 3.8) is 0 Å². The van der Waals surface area contributed by atoms with Gasteiger partial charge in [0.25, 0.3) is 5.91 Å². The van der Waals surface area contributed by atoms with E-state index in [1.165, 1.54) is 6.21 Å². The molecule has 1 amide bonds. The molecule has 0 saturated carbocycles. The zero-order valence-corrected chi connectivity index (χ0v) is 7.63. The molecule has 0 aliphatic carbocycles. The van der Waals surface area contributed by atoms with E-state index in [1.807, 2.05) is 30.3 Å². The van der Waals surface area contributed by atoms with E-state index in [2.05, 4.69) is 9.98 Å². The minimum atomic E-state index is -0.331. The van der Waals surface area contributed by atoms with Crippen LogP contribution in [0.4, 0.5) is 0 Å². The van der Waals surface area contributed by atoms with Crippen molar-refractivity contribution in [1.29, 1.82) is 0 Å². The molecular weight excluding hydrogens is 176 g/mol. The standard InChI is InChI=1S/C11H10N2O/c14-11-10(12-6-7-13-11)8-9-4-2-1-3-5-9/h1-7,10H,8H2. The predicted octanol–water partition coefficient (Wildman–Crippen LogP) is 1.28. The van der Waals surface area contributed by atoms with Crippen LogP contribution in [-0.4, -0.2) is 24.4 Å². The molecule has 1 aliphatic heterocycles. The summed E-state index contributed by atoms with van der Waals surface area (Å²) in [4.78, 5) is 19.1. The summed E-state index contributed by atoms with van der Waals surface area (Å²) < 4.78 is 0. The molecule has 1 aromatic carbocycles. The maximum atomic E-state index is 11.3. The summed E-state index contributed by atoms with van der Waals surface area (Å²) >= 11 is 0. The predicted molar refractivity (Wildman–Crippen MR) is 55.9 cm³/mol. The van der Waals surface area contributed by atoms with E-state index in [1.54, 1.807) is 6.21 Å². The zero-order chi connectivity index (χ0) is 9.80. The van der Waals surface area contributed by atoms with Gasteiger partial charge in [0.05, 0.1) is 0 Å². The van der Waals surface area contributed by atoms with E-state index >= 15 is 0 Å². The van der Waals surface area contributed by atoms with Gasteiger partial charge in [-0.1, -0.05) is 30.3 Å². The Bertz CT molecular complexity index is 382. The van der Waals surface area contributed by atoms with E-state index in [9.17, 15) is 4.79 Å². The molecule has 0 radical (unpaired) electrons. The number of hydrogen-bond donors (Lipinski definition) is 0. The SMILES string of the molecule is O=C1N=CC=NC1Cc1ccccc1. The molecule has 70 valence electrons. The van der Waals surface area contributed by atoms with Crippen LogP contribution < -0.4 is 0 Å². The molecule has 0 bridgehead atoms. The summed E-state index contributed by atoms with van der Waals surface area (Å²) in [5.74, 6) is -0.156. The second kappa shape index (κ2) is 3.96. The smallest absolute Gasteiger partial charge is 0.270 e. The van der Waals surface area contributed by atoms with E-state index in [4.69, 9.17) is 0 Å². The first-order valence-electron chi connectivity index (χ1n) is 4.50. The highest BCUT2D eigenvalue weighted by atomic mass is 16.1. The highest BCUT2D eigenvalue weighted by molar-refractivity contribution is 6.21. The summed E-state index contributed by atoms with van der Waals surface area (Å²) in [6.45, 7) is 0. The first-order chi connectivity index (χ1) is 6.86. The number of aliphatic imine (C=N–C) groups is 2. The summed E-state index contributed by atoms with van der Waals surface area (Å²) in [5, 5.41) is 0. The van der Waals surface area contributed by atoms with E-state index < -0.39 is 0 Å². The second-order valence-electron chi connectivity index (χ2n) is 3.12. The molecule has 1 aromatic rings. The average molecular weight is 186 g/mol. The van der Waals surface area contributed by atoms with Crippen molar-refractivity contribution in [1.82, 2.24) is 0 Å². The summed E-state index contributed by atoms with van der Waals surface area (Å²) in [6, 6.07) is 9.50. The molecule has 0 spiro atoms. The van der Waals surface area contributed by atoms with Crippen LogP contribution >= 0.6 is 0 Å². The summed E-state index contributed by atoms with van der Waals surface area (Å²) in [5.41, 5.74) is 1.11. The van der Waals surface area contributed by atoms with Crippen molar-refractivity contribution in [3.8, 4) is 0 Å². The highest BCUT2D eigenvalue weighted by Crippen LogP contribution is 2.08. The Balaban J connectivity index is 2.09. The Morgan fingerprint density at radius 2 is 1.93 bits per heavy atom. The monoisotopic (exact) mass is 186 g/mol. The molecule has 1 unspecified atom stereocenters. The van der Waals surface area contributed by atoms with Gasteiger partial charge in [-0.25, -0.2) is 4.99 Å². The van der Waals surface area contributed by atoms with Gasteiger partial charge in [-0.05, 0) is 5.56 Å². The lowest BCUT2D eigenvalue weighted by Crippen LogP contribution is -2.22. The molecular formula is C11H10N2O. The van der Waals surface area contributed by atoms with Gasteiger partial charge in [-0.3, -0.25) is 9.79 Å². The zero-order valence-electron chi connectivity index (χ0n) is 7.63. The van der Waals surface area contributed by atoms with Gasteiger partial charge in [0.2, 0.25) is 0 Å². The van der Waals surface area contributed by atoms with Crippen LogP contribution in [0.5, 0.6) is 0 Å². The first kappa shape index (κ1) is 8.81. The van der Waals surface area contributed by atoms with Crippen molar-refractivity contribution in [2.24, 2.45) is 9.98 Å². The number of carbonyl (C=O) groups excluding carboxylic acids is 1. The first-order valence-corrected chi connectivity index (χ1v) is 4.50. The molecule has 0 fully saturated rings. The normalized spacial score (nSPS) is 20.0. The largest absolute Gasteiger partial charge is 0.278 e. The molecule has 0 saturated heterocycles. The fraction of sp³-hybridized carbons (Fsp3) is 0.182. The van der Waals surface area contributed by atoms with Gasteiger partial charge in [0.1, 0.15) is 6.04 Å². The summed E-state index contributed by atoms with van der Waals surface area (Å²) in [7, 11) is 0. The Labute approximate surface area is 82.2 Å². The van der Waals surface area contributed by atoms with Crippen molar-refractivity contribution >= 4 is 18.3 Å². The van der Waals surface area contributed by atoms with Crippen LogP contribution in [0.1, 0.15) is 5.56 Å². The molecule has 1 heterocycles. The average Bonchev–Trinajstić information content (AvgIpc) is 2.23. The lowest BCUT2D eigenvalue weighted by atomic mass is 10.1. The highest BCUT2D eigenvalue weighted by Gasteiger charge is 2.17. The Morgan fingerprint density at radius 3 is 2.64 bits per heavy atom. The van der Waals surface area contributed by atoms with Crippen molar-refractivity contribution in [3.05, 3.63) is 35.9 Å². The molecule has 3 nitrogen and oxygen atoms in total. The third kappa shape index (κ3) is 1.93. The number of nitrogens with zero attached hydrogens (tertiary/aromatic N) is 2. The lowest BCUT2D eigenvalue weighted by molar-refractivity contribution is -0.118. The van der Waals surface area contributed by atoms with E-state index in [0.717, 1.165) is 5.56 Å². The second-order valence-corrected chi connectivity index (χ2v) is 3.12. The van der Waals surface area contributed by atoms with Gasteiger partial charge in [0, 0.05) is 18.9 Å². The topological polar surface area (TPSA) is 41.8 Å². The summed E-state index contributed by atoms with van der Waals surface area (Å²) in [6.07, 6.45) is 3.65. The van der Waals surface area contributed by atoms with E-state index in [0.29, 0.717) is 6.42 Å². The van der Waals surface area contributed by atoms with Crippen LogP contribution in [0.25, 0.3) is 0 Å². The minimum absolute atomic E-state index is 0.156. The molecule has 0 aromatic heterocycles. The van der Waals surface area contributed by atoms with Gasteiger partial charge >= 0.3 is 0 Å². The number of carbonyl (C=O) groups is 1. The van der Waals surface area contributed by atoms with Crippen LogP contribution in [0.3, 0.4) is 0 Å². The fourth-order valence-corrected chi connectivity index (χ4v) is 1.38. The Morgan fingerprint density at radius 1 is 1.14 bits per heavy atom. The van der Waals surface area contributed by atoms with Crippen molar-refractivity contribution < 1.29 is 4.79 Å². The molecule has 2 rings (SSSR count). The number of rotatable bonds is 2. The maximum Gasteiger partial charge on any atom is 0.270 e. The lowest BCUT2D eigenvalue weighted by Gasteiger charge is -2.09. The van der Waals surface area contributed by atoms with Crippen molar-refractivity contribution in [2.75, 3.05) is 0 Å². The van der Waals surface area contributed by atoms with Gasteiger partial charge in [0.15, 0.2) is 0 Å². The number of benzene rings is 1. The van der Waals surface area contributed by atoms with Crippen molar-refractivity contribution in [2.45, 2.75) is 12.5 Å². The quantitative estimate of drug-likeness (QED) is 0.686. The molecule has 0 N–H and O–H groups in total. The minimum Gasteiger partial charge on any atom is -0.278 e. The maximum absolute atomic E-state index is 11.3. The Hall–Kier alpha value is -1.77. The fourth-order valence-electron chi connectivity index (χ4n) is 1.38. The van der Waals surface area contributed by atoms with Crippen LogP contribution in [0.15, 0.2) is 40.3 Å². The van der Waals surface area contributed by atoms with Crippen LogP contribution in [0.2, 0.25) is 0 Å². The van der Waals surface area contributed by atoms with Gasteiger partial charge in [-0.15, -0.1) is 0 Å². The van der Waals surface area contributed by atoms with Crippen LogP contribution in [-0.2, 0) is 11.2 Å². The Kier molecular flexibility index (Phi) is 2.49. The van der Waals surface area contributed by atoms with Crippen LogP contribution in [0, 0.1) is 0 Å². The number of amides is 1.